The Bertz CT molecular complexity index is 468. The Morgan fingerprint density at radius 3 is 3.00 bits per heavy atom. The summed E-state index contributed by atoms with van der Waals surface area (Å²) >= 11 is 5.72. The molecule has 1 fully saturated rings. The van der Waals surface area contributed by atoms with Crippen LogP contribution in [0.3, 0.4) is 0 Å². The van der Waals surface area contributed by atoms with E-state index in [0.717, 1.165) is 19.4 Å². The van der Waals surface area contributed by atoms with Crippen LogP contribution in [0.4, 0.5) is 4.39 Å². The maximum atomic E-state index is 13.9. The monoisotopic (exact) mass is 320 g/mol. The Morgan fingerprint density at radius 2 is 2.30 bits per heavy atom. The smallest absolute Gasteiger partial charge is 0.256 e. The van der Waals surface area contributed by atoms with Crippen LogP contribution in [0.5, 0.6) is 0 Å². The van der Waals surface area contributed by atoms with Crippen molar-refractivity contribution in [1.29, 1.82) is 0 Å². The second-order valence-corrected chi connectivity index (χ2v) is 5.33. The van der Waals surface area contributed by atoms with Gasteiger partial charge in [0.05, 0.1) is 10.6 Å². The molecule has 2 rings (SSSR count). The van der Waals surface area contributed by atoms with E-state index in [4.69, 9.17) is 11.6 Å². The molecule has 112 valence electrons. The topological polar surface area (TPSA) is 32.3 Å². The lowest BCUT2D eigenvalue weighted by atomic mass is 9.97. The summed E-state index contributed by atoms with van der Waals surface area (Å²) in [6, 6.07) is 4.55. The minimum Gasteiger partial charge on any atom is -0.338 e. The number of amides is 1. The van der Waals surface area contributed by atoms with Gasteiger partial charge < -0.3 is 10.2 Å². The number of likely N-dealkylation sites (tertiary alicyclic amines) is 1. The van der Waals surface area contributed by atoms with Gasteiger partial charge in [-0.15, -0.1) is 12.4 Å². The molecule has 1 aromatic rings. The average molecular weight is 321 g/mol. The van der Waals surface area contributed by atoms with E-state index < -0.39 is 5.82 Å². The van der Waals surface area contributed by atoms with Crippen LogP contribution < -0.4 is 5.32 Å². The second-order valence-electron chi connectivity index (χ2n) is 4.92. The van der Waals surface area contributed by atoms with Crippen molar-refractivity contribution in [2.75, 3.05) is 26.7 Å². The third-order valence-corrected chi connectivity index (χ3v) is 3.77. The largest absolute Gasteiger partial charge is 0.338 e. The molecule has 0 saturated carbocycles. The number of carbonyl (C=O) groups excluding carboxylic acids is 1. The Kier molecular flexibility index (Phi) is 6.72. The van der Waals surface area contributed by atoms with E-state index in [1.165, 1.54) is 12.1 Å². The molecule has 1 atom stereocenters. The summed E-state index contributed by atoms with van der Waals surface area (Å²) in [5.41, 5.74) is 0.0672. The van der Waals surface area contributed by atoms with Gasteiger partial charge in [-0.25, -0.2) is 4.39 Å². The quantitative estimate of drug-likeness (QED) is 0.928. The fourth-order valence-corrected chi connectivity index (χ4v) is 2.72. The van der Waals surface area contributed by atoms with Gasteiger partial charge in [-0.3, -0.25) is 4.79 Å². The van der Waals surface area contributed by atoms with Gasteiger partial charge in [0, 0.05) is 13.1 Å². The molecule has 20 heavy (non-hydrogen) atoms. The Labute approximate surface area is 129 Å². The third kappa shape index (κ3) is 3.84. The highest BCUT2D eigenvalue weighted by Crippen LogP contribution is 2.22. The molecule has 1 aliphatic heterocycles. The van der Waals surface area contributed by atoms with E-state index in [1.54, 1.807) is 11.0 Å². The van der Waals surface area contributed by atoms with Crippen molar-refractivity contribution in [3.05, 3.63) is 34.6 Å². The highest BCUT2D eigenvalue weighted by molar-refractivity contribution is 6.31. The van der Waals surface area contributed by atoms with Crippen LogP contribution in [0.2, 0.25) is 5.02 Å². The summed E-state index contributed by atoms with van der Waals surface area (Å²) in [6.07, 6.45) is 2.06. The number of halogens is 3. The molecule has 1 saturated heterocycles. The van der Waals surface area contributed by atoms with Crippen LogP contribution in [-0.4, -0.2) is 37.5 Å². The van der Waals surface area contributed by atoms with Crippen molar-refractivity contribution in [3.8, 4) is 0 Å². The molecule has 1 N–H and O–H groups in total. The number of benzene rings is 1. The number of hydrogen-bond acceptors (Lipinski definition) is 2. The highest BCUT2D eigenvalue weighted by atomic mass is 35.5. The predicted molar refractivity (Wildman–Crippen MR) is 81.2 cm³/mol. The molecule has 6 heteroatoms. The van der Waals surface area contributed by atoms with E-state index in [-0.39, 0.29) is 28.9 Å². The van der Waals surface area contributed by atoms with E-state index in [9.17, 15) is 9.18 Å². The first-order valence-corrected chi connectivity index (χ1v) is 6.89. The van der Waals surface area contributed by atoms with Gasteiger partial charge in [0.15, 0.2) is 5.82 Å². The zero-order valence-corrected chi connectivity index (χ0v) is 12.9. The van der Waals surface area contributed by atoms with Crippen LogP contribution in [-0.2, 0) is 0 Å². The zero-order chi connectivity index (χ0) is 13.8. The number of piperidine rings is 1. The van der Waals surface area contributed by atoms with Crippen molar-refractivity contribution in [3.63, 3.8) is 0 Å². The van der Waals surface area contributed by atoms with Crippen molar-refractivity contribution in [2.24, 2.45) is 5.92 Å². The lowest BCUT2D eigenvalue weighted by molar-refractivity contribution is 0.0669. The molecule has 1 aromatic carbocycles. The fraction of sp³-hybridized carbons (Fsp3) is 0.500. The van der Waals surface area contributed by atoms with Gasteiger partial charge in [0.1, 0.15) is 0 Å². The van der Waals surface area contributed by atoms with Crippen molar-refractivity contribution < 1.29 is 9.18 Å². The molecule has 1 heterocycles. The van der Waals surface area contributed by atoms with E-state index in [1.807, 2.05) is 7.05 Å². The van der Waals surface area contributed by atoms with Gasteiger partial charge in [-0.1, -0.05) is 17.7 Å². The maximum Gasteiger partial charge on any atom is 0.256 e. The predicted octanol–water partition coefficient (Wildman–Crippen LogP) is 2.97. The molecule has 1 aliphatic rings. The third-order valence-electron chi connectivity index (χ3n) is 3.48. The molecular formula is C14H19Cl2FN2O. The Balaban J connectivity index is 0.00000200. The normalized spacial score (nSPS) is 18.6. The van der Waals surface area contributed by atoms with E-state index in [0.29, 0.717) is 19.0 Å². The van der Waals surface area contributed by atoms with Crippen molar-refractivity contribution in [1.82, 2.24) is 10.2 Å². The molecule has 1 unspecified atom stereocenters. The van der Waals surface area contributed by atoms with Gasteiger partial charge in [-0.2, -0.15) is 0 Å². The second kappa shape index (κ2) is 7.81. The number of rotatable bonds is 3. The van der Waals surface area contributed by atoms with Crippen LogP contribution in [0.25, 0.3) is 0 Å². The average Bonchev–Trinajstić information content (AvgIpc) is 2.42. The number of nitrogens with zero attached hydrogens (tertiary/aromatic N) is 1. The highest BCUT2D eigenvalue weighted by Gasteiger charge is 2.26. The SMILES string of the molecule is CNCC1CCCN(C(=O)c2cccc(Cl)c2F)C1.Cl. The molecule has 0 spiro atoms. The van der Waals surface area contributed by atoms with Crippen molar-refractivity contribution in [2.45, 2.75) is 12.8 Å². The molecular weight excluding hydrogens is 302 g/mol. The molecule has 3 nitrogen and oxygen atoms in total. The Hall–Kier alpha value is -0.840. The van der Waals surface area contributed by atoms with Gasteiger partial charge in [0.25, 0.3) is 5.91 Å². The van der Waals surface area contributed by atoms with E-state index >= 15 is 0 Å². The Morgan fingerprint density at radius 1 is 1.55 bits per heavy atom. The lowest BCUT2D eigenvalue weighted by Gasteiger charge is -2.32. The first kappa shape index (κ1) is 17.2. The van der Waals surface area contributed by atoms with Gasteiger partial charge in [-0.05, 0) is 44.5 Å². The van der Waals surface area contributed by atoms with E-state index in [2.05, 4.69) is 5.32 Å². The first-order chi connectivity index (χ1) is 9.13. The summed E-state index contributed by atoms with van der Waals surface area (Å²) in [4.78, 5) is 14.1. The minimum absolute atomic E-state index is 0. The molecule has 0 aromatic heterocycles. The number of hydrogen-bond donors (Lipinski definition) is 1. The summed E-state index contributed by atoms with van der Waals surface area (Å²) < 4.78 is 13.9. The summed E-state index contributed by atoms with van der Waals surface area (Å²) in [7, 11) is 1.90. The molecule has 1 amide bonds. The summed E-state index contributed by atoms with van der Waals surface area (Å²) in [5.74, 6) is -0.448. The fourth-order valence-electron chi connectivity index (χ4n) is 2.54. The van der Waals surface area contributed by atoms with Gasteiger partial charge in [0.2, 0.25) is 0 Å². The summed E-state index contributed by atoms with van der Waals surface area (Å²) in [5, 5.41) is 3.12. The van der Waals surface area contributed by atoms with Crippen LogP contribution in [0.1, 0.15) is 23.2 Å². The molecule has 0 aliphatic carbocycles. The van der Waals surface area contributed by atoms with Crippen molar-refractivity contribution >= 4 is 29.9 Å². The number of carbonyl (C=O) groups is 1. The maximum absolute atomic E-state index is 13.9. The van der Waals surface area contributed by atoms with Crippen LogP contribution in [0, 0.1) is 11.7 Å². The first-order valence-electron chi connectivity index (χ1n) is 6.51. The standard InChI is InChI=1S/C14H18ClFN2O.ClH/c1-17-8-10-4-3-7-18(9-10)14(19)11-5-2-6-12(15)13(11)16;/h2,5-6,10,17H,3-4,7-9H2,1H3;1H. The van der Waals surface area contributed by atoms with Crippen LogP contribution >= 0.6 is 24.0 Å². The number of nitrogens with one attached hydrogen (secondary N) is 1. The lowest BCUT2D eigenvalue weighted by Crippen LogP contribution is -2.42. The summed E-state index contributed by atoms with van der Waals surface area (Å²) in [6.45, 7) is 2.23. The van der Waals surface area contributed by atoms with Gasteiger partial charge >= 0.3 is 0 Å². The van der Waals surface area contributed by atoms with Crippen LogP contribution in [0.15, 0.2) is 18.2 Å². The molecule has 0 bridgehead atoms. The minimum atomic E-state index is -0.620. The molecule has 0 radical (unpaired) electrons. The zero-order valence-electron chi connectivity index (χ0n) is 11.4.